The van der Waals surface area contributed by atoms with Gasteiger partial charge in [0.15, 0.2) is 0 Å². The third-order valence-corrected chi connectivity index (χ3v) is 2.09. The molecule has 0 amide bonds. The lowest BCUT2D eigenvalue weighted by molar-refractivity contribution is -0.137. The van der Waals surface area contributed by atoms with Crippen LogP contribution >= 0.6 is 0 Å². The number of nitrogens with one attached hydrogen (secondary N) is 2. The predicted octanol–water partition coefficient (Wildman–Crippen LogP) is 2.89. The van der Waals surface area contributed by atoms with Crippen LogP contribution in [0.5, 0.6) is 0 Å². The van der Waals surface area contributed by atoms with E-state index in [-0.39, 0.29) is 6.17 Å². The first-order chi connectivity index (χ1) is 6.47. The van der Waals surface area contributed by atoms with Crippen molar-refractivity contribution in [3.63, 3.8) is 0 Å². The molecular weight excluding hydrogens is 193 g/mol. The first kappa shape index (κ1) is 9.18. The number of hydrogen-bond acceptors (Lipinski definition) is 2. The van der Waals surface area contributed by atoms with Gasteiger partial charge >= 0.3 is 6.18 Å². The Morgan fingerprint density at radius 2 is 1.79 bits per heavy atom. The van der Waals surface area contributed by atoms with E-state index in [4.69, 9.17) is 0 Å². The molecule has 1 unspecified atom stereocenters. The topological polar surface area (TPSA) is 24.1 Å². The number of alkyl halides is 3. The Hall–Kier alpha value is -1.39. The molecule has 1 aliphatic rings. The maximum absolute atomic E-state index is 12.3. The van der Waals surface area contributed by atoms with Crippen LogP contribution in [-0.4, -0.2) is 6.17 Å². The number of anilines is 2. The molecule has 76 valence electrons. The fourth-order valence-electron chi connectivity index (χ4n) is 1.47. The average Bonchev–Trinajstić information content (AvgIpc) is 2.41. The molecule has 0 aliphatic carbocycles. The SMILES string of the molecule is CC1Nc2ccc(C(F)(F)F)cc2N1. The van der Waals surface area contributed by atoms with Crippen molar-refractivity contribution in [3.05, 3.63) is 23.8 Å². The van der Waals surface area contributed by atoms with Crippen molar-refractivity contribution in [3.8, 4) is 0 Å². The van der Waals surface area contributed by atoms with Gasteiger partial charge in [-0.05, 0) is 25.1 Å². The first-order valence-corrected chi connectivity index (χ1v) is 4.21. The van der Waals surface area contributed by atoms with Gasteiger partial charge in [-0.1, -0.05) is 0 Å². The zero-order valence-corrected chi connectivity index (χ0v) is 7.44. The first-order valence-electron chi connectivity index (χ1n) is 4.21. The smallest absolute Gasteiger partial charge is 0.364 e. The van der Waals surface area contributed by atoms with Crippen molar-refractivity contribution in [2.24, 2.45) is 0 Å². The molecule has 1 atom stereocenters. The normalized spacial score (nSPS) is 19.9. The summed E-state index contributed by atoms with van der Waals surface area (Å²) >= 11 is 0. The van der Waals surface area contributed by atoms with Crippen LogP contribution in [0.15, 0.2) is 18.2 Å². The Morgan fingerprint density at radius 1 is 1.14 bits per heavy atom. The highest BCUT2D eigenvalue weighted by Crippen LogP contribution is 2.36. The summed E-state index contributed by atoms with van der Waals surface area (Å²) < 4.78 is 36.9. The van der Waals surface area contributed by atoms with E-state index in [1.165, 1.54) is 6.07 Å². The fourth-order valence-corrected chi connectivity index (χ4v) is 1.47. The number of rotatable bonds is 0. The Kier molecular flexibility index (Phi) is 1.83. The van der Waals surface area contributed by atoms with Crippen LogP contribution in [0.3, 0.4) is 0 Å². The Morgan fingerprint density at radius 3 is 2.43 bits per heavy atom. The number of benzene rings is 1. The lowest BCUT2D eigenvalue weighted by atomic mass is 10.2. The van der Waals surface area contributed by atoms with Crippen LogP contribution < -0.4 is 10.6 Å². The van der Waals surface area contributed by atoms with E-state index < -0.39 is 11.7 Å². The van der Waals surface area contributed by atoms with E-state index in [9.17, 15) is 13.2 Å². The second-order valence-corrected chi connectivity index (χ2v) is 3.27. The van der Waals surface area contributed by atoms with Crippen molar-refractivity contribution < 1.29 is 13.2 Å². The van der Waals surface area contributed by atoms with E-state index in [1.54, 1.807) is 0 Å². The monoisotopic (exact) mass is 202 g/mol. The van der Waals surface area contributed by atoms with Crippen molar-refractivity contribution in [1.82, 2.24) is 0 Å². The van der Waals surface area contributed by atoms with Gasteiger partial charge in [0.1, 0.15) is 0 Å². The number of halogens is 3. The van der Waals surface area contributed by atoms with Gasteiger partial charge in [-0.3, -0.25) is 0 Å². The summed E-state index contributed by atoms with van der Waals surface area (Å²) in [7, 11) is 0. The molecule has 1 heterocycles. The molecule has 1 aromatic carbocycles. The molecule has 0 radical (unpaired) electrons. The molecule has 1 aromatic rings. The van der Waals surface area contributed by atoms with Crippen LogP contribution in [-0.2, 0) is 6.18 Å². The van der Waals surface area contributed by atoms with Crippen LogP contribution in [0.25, 0.3) is 0 Å². The van der Waals surface area contributed by atoms with E-state index in [1.807, 2.05) is 6.92 Å². The third-order valence-electron chi connectivity index (χ3n) is 2.09. The second-order valence-electron chi connectivity index (χ2n) is 3.27. The van der Waals surface area contributed by atoms with Gasteiger partial charge in [0.25, 0.3) is 0 Å². The van der Waals surface area contributed by atoms with Crippen molar-refractivity contribution >= 4 is 11.4 Å². The van der Waals surface area contributed by atoms with Gasteiger partial charge in [0, 0.05) is 0 Å². The molecule has 2 rings (SSSR count). The Balaban J connectivity index is 2.38. The Labute approximate surface area is 79.1 Å². The molecule has 1 aliphatic heterocycles. The molecule has 0 aromatic heterocycles. The molecule has 0 fully saturated rings. The summed E-state index contributed by atoms with van der Waals surface area (Å²) in [4.78, 5) is 0. The highest BCUT2D eigenvalue weighted by atomic mass is 19.4. The van der Waals surface area contributed by atoms with Crippen LogP contribution in [0.2, 0.25) is 0 Å². The molecule has 0 saturated heterocycles. The van der Waals surface area contributed by atoms with Gasteiger partial charge in [0.2, 0.25) is 0 Å². The van der Waals surface area contributed by atoms with Gasteiger partial charge in [0.05, 0.1) is 23.1 Å². The summed E-state index contributed by atoms with van der Waals surface area (Å²) in [5.41, 5.74) is 0.595. The molecule has 2 N–H and O–H groups in total. The molecule has 0 saturated carbocycles. The largest absolute Gasteiger partial charge is 0.416 e. The lowest BCUT2D eigenvalue weighted by Gasteiger charge is -2.07. The van der Waals surface area contributed by atoms with Crippen LogP contribution in [0.4, 0.5) is 24.5 Å². The summed E-state index contributed by atoms with van der Waals surface area (Å²) in [6, 6.07) is 3.63. The fraction of sp³-hybridized carbons (Fsp3) is 0.333. The minimum atomic E-state index is -4.28. The summed E-state index contributed by atoms with van der Waals surface area (Å²) in [5.74, 6) is 0. The molecule has 14 heavy (non-hydrogen) atoms. The standard InChI is InChI=1S/C9H9F3N2/c1-5-13-7-3-2-6(9(10,11)12)4-8(7)14-5/h2-5,13-14H,1H3. The highest BCUT2D eigenvalue weighted by Gasteiger charge is 2.31. The van der Waals surface area contributed by atoms with Crippen LogP contribution in [0, 0.1) is 0 Å². The summed E-state index contributed by atoms with van der Waals surface area (Å²) in [5, 5.41) is 5.90. The lowest BCUT2D eigenvalue weighted by Crippen LogP contribution is -2.16. The maximum atomic E-state index is 12.3. The second kappa shape index (κ2) is 2.80. The van der Waals surface area contributed by atoms with Crippen molar-refractivity contribution in [1.29, 1.82) is 0 Å². The minimum absolute atomic E-state index is 0.0199. The predicted molar refractivity (Wildman–Crippen MR) is 48.2 cm³/mol. The van der Waals surface area contributed by atoms with Gasteiger partial charge in [-0.15, -0.1) is 0 Å². The quantitative estimate of drug-likeness (QED) is 0.675. The number of hydrogen-bond donors (Lipinski definition) is 2. The van der Waals surface area contributed by atoms with Gasteiger partial charge < -0.3 is 10.6 Å². The molecule has 5 heteroatoms. The maximum Gasteiger partial charge on any atom is 0.416 e. The third kappa shape index (κ3) is 1.49. The number of fused-ring (bicyclic) bond motifs is 1. The molecule has 0 bridgehead atoms. The Bertz CT molecular complexity index is 360. The van der Waals surface area contributed by atoms with E-state index in [0.717, 1.165) is 12.1 Å². The van der Waals surface area contributed by atoms with E-state index in [0.29, 0.717) is 11.4 Å². The minimum Gasteiger partial charge on any atom is -0.364 e. The molecular formula is C9H9F3N2. The van der Waals surface area contributed by atoms with E-state index in [2.05, 4.69) is 10.6 Å². The van der Waals surface area contributed by atoms with Crippen molar-refractivity contribution in [2.75, 3.05) is 10.6 Å². The van der Waals surface area contributed by atoms with Crippen LogP contribution in [0.1, 0.15) is 12.5 Å². The summed E-state index contributed by atoms with van der Waals surface area (Å²) in [6.45, 7) is 1.84. The highest BCUT2D eigenvalue weighted by molar-refractivity contribution is 5.75. The summed E-state index contributed by atoms with van der Waals surface area (Å²) in [6.07, 6.45) is -4.30. The van der Waals surface area contributed by atoms with Crippen molar-refractivity contribution in [2.45, 2.75) is 19.3 Å². The zero-order chi connectivity index (χ0) is 10.3. The van der Waals surface area contributed by atoms with E-state index >= 15 is 0 Å². The molecule has 2 nitrogen and oxygen atoms in total. The average molecular weight is 202 g/mol. The van der Waals surface area contributed by atoms with Gasteiger partial charge in [-0.2, -0.15) is 13.2 Å². The molecule has 0 spiro atoms. The zero-order valence-electron chi connectivity index (χ0n) is 7.44. The van der Waals surface area contributed by atoms with Gasteiger partial charge in [-0.25, -0.2) is 0 Å².